The molecular formula is C24H28N4O2. The number of hydrogen-bond donors (Lipinski definition) is 1. The summed E-state index contributed by atoms with van der Waals surface area (Å²) in [6.45, 7) is 7.80. The number of amides is 1. The van der Waals surface area contributed by atoms with E-state index in [1.165, 1.54) is 24.0 Å². The first-order chi connectivity index (χ1) is 14.6. The molecule has 1 aliphatic heterocycles. The lowest BCUT2D eigenvalue weighted by Gasteiger charge is -2.30. The van der Waals surface area contributed by atoms with Crippen molar-refractivity contribution in [1.29, 1.82) is 0 Å². The van der Waals surface area contributed by atoms with Crippen LogP contribution < -0.4 is 5.32 Å². The summed E-state index contributed by atoms with van der Waals surface area (Å²) in [6, 6.07) is 15.7. The normalized spacial score (nSPS) is 15.3. The van der Waals surface area contributed by atoms with Crippen molar-refractivity contribution in [1.82, 2.24) is 20.4 Å². The van der Waals surface area contributed by atoms with E-state index in [0.29, 0.717) is 17.3 Å². The Hall–Kier alpha value is -2.99. The standard InChI is InChI=1S/C24H28N4O2/c1-17-3-7-20(8-4-17)23-26-22(30-27-23)15-25-24(29)21-9-5-19(6-10-21)16-28-13-11-18(2)12-14-28/h3-10,18H,11-16H2,1-2H3,(H,25,29). The number of likely N-dealkylation sites (tertiary alicyclic amines) is 1. The molecule has 0 bridgehead atoms. The molecule has 1 aromatic heterocycles. The quantitative estimate of drug-likeness (QED) is 0.666. The number of benzene rings is 2. The van der Waals surface area contributed by atoms with E-state index in [1.807, 2.05) is 55.5 Å². The van der Waals surface area contributed by atoms with E-state index in [0.717, 1.165) is 31.1 Å². The highest BCUT2D eigenvalue weighted by Gasteiger charge is 2.16. The number of carbonyl (C=O) groups is 1. The second kappa shape index (κ2) is 9.22. The lowest BCUT2D eigenvalue weighted by Crippen LogP contribution is -2.32. The second-order valence-electron chi connectivity index (χ2n) is 8.22. The van der Waals surface area contributed by atoms with E-state index in [2.05, 4.69) is 27.3 Å². The number of piperidine rings is 1. The zero-order valence-corrected chi connectivity index (χ0v) is 17.6. The highest BCUT2D eigenvalue weighted by atomic mass is 16.5. The Balaban J connectivity index is 1.29. The number of hydrogen-bond acceptors (Lipinski definition) is 5. The summed E-state index contributed by atoms with van der Waals surface area (Å²) in [5.74, 6) is 1.59. The van der Waals surface area contributed by atoms with Gasteiger partial charge in [-0.2, -0.15) is 4.98 Å². The minimum atomic E-state index is -0.150. The van der Waals surface area contributed by atoms with Gasteiger partial charge in [0.25, 0.3) is 5.91 Å². The van der Waals surface area contributed by atoms with Crippen molar-refractivity contribution in [2.75, 3.05) is 13.1 Å². The monoisotopic (exact) mass is 404 g/mol. The van der Waals surface area contributed by atoms with Gasteiger partial charge in [0.15, 0.2) is 0 Å². The molecule has 0 radical (unpaired) electrons. The lowest BCUT2D eigenvalue weighted by molar-refractivity contribution is 0.0946. The Kier molecular flexibility index (Phi) is 6.23. The fourth-order valence-corrected chi connectivity index (χ4v) is 3.64. The fourth-order valence-electron chi connectivity index (χ4n) is 3.64. The van der Waals surface area contributed by atoms with Crippen LogP contribution in [0.5, 0.6) is 0 Å². The summed E-state index contributed by atoms with van der Waals surface area (Å²) in [6.07, 6.45) is 2.53. The van der Waals surface area contributed by atoms with Gasteiger partial charge < -0.3 is 9.84 Å². The molecule has 1 aliphatic rings. The molecule has 30 heavy (non-hydrogen) atoms. The van der Waals surface area contributed by atoms with Crippen LogP contribution in [0.3, 0.4) is 0 Å². The molecule has 1 amide bonds. The molecule has 1 fully saturated rings. The maximum Gasteiger partial charge on any atom is 0.251 e. The van der Waals surface area contributed by atoms with Gasteiger partial charge in [-0.05, 0) is 56.5 Å². The first kappa shape index (κ1) is 20.3. The number of rotatable bonds is 6. The van der Waals surface area contributed by atoms with Gasteiger partial charge in [-0.1, -0.05) is 54.0 Å². The molecule has 3 aromatic rings. The molecule has 0 atom stereocenters. The molecule has 0 aliphatic carbocycles. The summed E-state index contributed by atoms with van der Waals surface area (Å²) in [5, 5.41) is 6.85. The summed E-state index contributed by atoms with van der Waals surface area (Å²) in [7, 11) is 0. The Morgan fingerprint density at radius 3 is 2.50 bits per heavy atom. The highest BCUT2D eigenvalue weighted by molar-refractivity contribution is 5.94. The van der Waals surface area contributed by atoms with Gasteiger partial charge >= 0.3 is 0 Å². The van der Waals surface area contributed by atoms with E-state index in [-0.39, 0.29) is 12.5 Å². The van der Waals surface area contributed by atoms with Gasteiger partial charge in [0, 0.05) is 17.7 Å². The second-order valence-corrected chi connectivity index (χ2v) is 8.22. The zero-order valence-electron chi connectivity index (χ0n) is 17.6. The minimum Gasteiger partial charge on any atom is -0.343 e. The van der Waals surface area contributed by atoms with Crippen LogP contribution in [0, 0.1) is 12.8 Å². The van der Waals surface area contributed by atoms with E-state index in [1.54, 1.807) is 0 Å². The Morgan fingerprint density at radius 1 is 1.10 bits per heavy atom. The van der Waals surface area contributed by atoms with Crippen LogP contribution >= 0.6 is 0 Å². The third-order valence-corrected chi connectivity index (χ3v) is 5.68. The molecular weight excluding hydrogens is 376 g/mol. The van der Waals surface area contributed by atoms with Crippen molar-refractivity contribution in [3.05, 3.63) is 71.1 Å². The van der Waals surface area contributed by atoms with Crippen molar-refractivity contribution in [2.45, 2.75) is 39.8 Å². The fraction of sp³-hybridized carbons (Fsp3) is 0.375. The Morgan fingerprint density at radius 2 is 1.80 bits per heavy atom. The van der Waals surface area contributed by atoms with Crippen molar-refractivity contribution in [2.24, 2.45) is 5.92 Å². The average Bonchev–Trinajstić information content (AvgIpc) is 3.24. The van der Waals surface area contributed by atoms with E-state index in [4.69, 9.17) is 4.52 Å². The number of aryl methyl sites for hydroxylation is 1. The van der Waals surface area contributed by atoms with Gasteiger partial charge in [-0.15, -0.1) is 0 Å². The third-order valence-electron chi connectivity index (χ3n) is 5.68. The van der Waals surface area contributed by atoms with Gasteiger partial charge in [-0.3, -0.25) is 9.69 Å². The van der Waals surface area contributed by atoms with Crippen molar-refractivity contribution in [3.63, 3.8) is 0 Å². The van der Waals surface area contributed by atoms with Gasteiger partial charge in [0.2, 0.25) is 11.7 Å². The molecule has 4 rings (SSSR count). The predicted molar refractivity (Wildman–Crippen MR) is 116 cm³/mol. The maximum absolute atomic E-state index is 12.5. The third kappa shape index (κ3) is 5.13. The summed E-state index contributed by atoms with van der Waals surface area (Å²) >= 11 is 0. The molecule has 6 heteroatoms. The molecule has 2 heterocycles. The predicted octanol–water partition coefficient (Wildman–Crippen LogP) is 4.21. The summed E-state index contributed by atoms with van der Waals surface area (Å²) in [4.78, 5) is 19.3. The largest absolute Gasteiger partial charge is 0.343 e. The van der Waals surface area contributed by atoms with Crippen molar-refractivity contribution < 1.29 is 9.32 Å². The lowest BCUT2D eigenvalue weighted by atomic mass is 9.99. The number of aromatic nitrogens is 2. The molecule has 156 valence electrons. The molecule has 6 nitrogen and oxygen atoms in total. The van der Waals surface area contributed by atoms with Crippen LogP contribution in [-0.2, 0) is 13.1 Å². The van der Waals surface area contributed by atoms with Gasteiger partial charge in [0.1, 0.15) is 0 Å². The van der Waals surface area contributed by atoms with Crippen molar-refractivity contribution >= 4 is 5.91 Å². The molecule has 1 N–H and O–H groups in total. The van der Waals surface area contributed by atoms with Gasteiger partial charge in [-0.25, -0.2) is 0 Å². The first-order valence-electron chi connectivity index (χ1n) is 10.6. The molecule has 1 saturated heterocycles. The van der Waals surface area contributed by atoms with Gasteiger partial charge in [0.05, 0.1) is 6.54 Å². The smallest absolute Gasteiger partial charge is 0.251 e. The van der Waals surface area contributed by atoms with E-state index >= 15 is 0 Å². The zero-order chi connectivity index (χ0) is 20.9. The minimum absolute atomic E-state index is 0.150. The van der Waals surface area contributed by atoms with Crippen LogP contribution in [0.25, 0.3) is 11.4 Å². The van der Waals surface area contributed by atoms with E-state index in [9.17, 15) is 4.79 Å². The van der Waals surface area contributed by atoms with Crippen LogP contribution in [-0.4, -0.2) is 34.0 Å². The average molecular weight is 405 g/mol. The van der Waals surface area contributed by atoms with Crippen LogP contribution in [0.2, 0.25) is 0 Å². The number of nitrogens with one attached hydrogen (secondary N) is 1. The Bertz CT molecular complexity index is 971. The number of carbonyl (C=O) groups excluding carboxylic acids is 1. The summed E-state index contributed by atoms with van der Waals surface area (Å²) < 4.78 is 5.27. The van der Waals surface area contributed by atoms with Crippen LogP contribution in [0.4, 0.5) is 0 Å². The topological polar surface area (TPSA) is 71.3 Å². The SMILES string of the molecule is Cc1ccc(-c2noc(CNC(=O)c3ccc(CN4CCC(C)CC4)cc3)n2)cc1. The highest BCUT2D eigenvalue weighted by Crippen LogP contribution is 2.19. The Labute approximate surface area is 177 Å². The van der Waals surface area contributed by atoms with Crippen molar-refractivity contribution in [3.8, 4) is 11.4 Å². The molecule has 0 unspecified atom stereocenters. The van der Waals surface area contributed by atoms with Crippen LogP contribution in [0.15, 0.2) is 53.1 Å². The molecule has 0 spiro atoms. The summed E-state index contributed by atoms with van der Waals surface area (Å²) in [5.41, 5.74) is 3.93. The number of nitrogens with zero attached hydrogens (tertiary/aromatic N) is 3. The first-order valence-corrected chi connectivity index (χ1v) is 10.6. The van der Waals surface area contributed by atoms with Crippen LogP contribution in [0.1, 0.15) is 47.1 Å². The molecule has 0 saturated carbocycles. The molecule has 2 aromatic carbocycles. The maximum atomic E-state index is 12.5. The van der Waals surface area contributed by atoms with E-state index < -0.39 is 0 Å².